The summed E-state index contributed by atoms with van der Waals surface area (Å²) in [5.74, 6) is -0.673. The Hall–Kier alpha value is -1.70. The Morgan fingerprint density at radius 2 is 2.20 bits per heavy atom. The minimum atomic E-state index is -0.472. The highest BCUT2D eigenvalue weighted by atomic mass is 35.5. The zero-order chi connectivity index (χ0) is 13.0. The molecular formula is C11H13Cl2FN4O2. The number of halogens is 3. The molecule has 2 aromatic rings. The highest BCUT2D eigenvalue weighted by Gasteiger charge is 2.12. The molecule has 6 nitrogen and oxygen atoms in total. The van der Waals surface area contributed by atoms with E-state index < -0.39 is 11.7 Å². The molecule has 0 spiro atoms. The van der Waals surface area contributed by atoms with Crippen LogP contribution in [0, 0.1) is 5.82 Å². The van der Waals surface area contributed by atoms with Crippen LogP contribution >= 0.6 is 24.8 Å². The van der Waals surface area contributed by atoms with Crippen LogP contribution in [0.3, 0.4) is 0 Å². The Balaban J connectivity index is 0.00000180. The van der Waals surface area contributed by atoms with Crippen molar-refractivity contribution in [2.24, 2.45) is 5.73 Å². The van der Waals surface area contributed by atoms with Gasteiger partial charge in [-0.15, -0.1) is 24.8 Å². The first kappa shape index (κ1) is 18.3. The summed E-state index contributed by atoms with van der Waals surface area (Å²) in [5, 5.41) is 2.49. The fourth-order valence-electron chi connectivity index (χ4n) is 1.31. The summed E-state index contributed by atoms with van der Waals surface area (Å²) in [7, 11) is 0. The van der Waals surface area contributed by atoms with Crippen LogP contribution in [0.2, 0.25) is 0 Å². The molecule has 1 amide bonds. The van der Waals surface area contributed by atoms with Gasteiger partial charge in [-0.1, -0.05) is 0 Å². The number of carbonyl (C=O) groups excluding carboxylic acids is 1. The van der Waals surface area contributed by atoms with Crippen LogP contribution in [0.25, 0.3) is 0 Å². The van der Waals surface area contributed by atoms with Crippen molar-refractivity contribution in [2.45, 2.75) is 13.1 Å². The van der Waals surface area contributed by atoms with Crippen molar-refractivity contribution in [2.75, 3.05) is 0 Å². The monoisotopic (exact) mass is 322 g/mol. The van der Waals surface area contributed by atoms with Crippen molar-refractivity contribution >= 4 is 30.7 Å². The molecule has 0 saturated heterocycles. The molecule has 0 aliphatic carbocycles. The third-order valence-electron chi connectivity index (χ3n) is 2.21. The molecule has 0 aliphatic heterocycles. The van der Waals surface area contributed by atoms with Crippen LogP contribution in [0.4, 0.5) is 4.39 Å². The van der Waals surface area contributed by atoms with E-state index in [0.717, 1.165) is 0 Å². The third kappa shape index (κ3) is 4.44. The van der Waals surface area contributed by atoms with Crippen LogP contribution in [0.5, 0.6) is 0 Å². The SMILES string of the molecule is Cl.Cl.NCc1nc(C(=O)NCc2ncccc2F)co1. The van der Waals surface area contributed by atoms with E-state index in [4.69, 9.17) is 10.2 Å². The molecule has 2 aromatic heterocycles. The highest BCUT2D eigenvalue weighted by Crippen LogP contribution is 2.04. The zero-order valence-electron chi connectivity index (χ0n) is 10.2. The minimum absolute atomic E-state index is 0. The number of pyridine rings is 1. The highest BCUT2D eigenvalue weighted by molar-refractivity contribution is 5.91. The fraction of sp³-hybridized carbons (Fsp3) is 0.182. The standard InChI is InChI=1S/C11H11FN4O2.2ClH/c12-7-2-1-3-14-8(7)5-15-11(17)9-6-18-10(4-13)16-9;;/h1-3,6H,4-5,13H2,(H,15,17);2*1H. The third-order valence-corrected chi connectivity index (χ3v) is 2.21. The Labute approximate surface area is 126 Å². The molecule has 0 aliphatic rings. The van der Waals surface area contributed by atoms with Gasteiger partial charge in [0.1, 0.15) is 12.1 Å². The van der Waals surface area contributed by atoms with Gasteiger partial charge in [0.15, 0.2) is 5.69 Å². The van der Waals surface area contributed by atoms with Gasteiger partial charge in [0.25, 0.3) is 5.91 Å². The maximum atomic E-state index is 13.2. The van der Waals surface area contributed by atoms with E-state index in [9.17, 15) is 9.18 Å². The van der Waals surface area contributed by atoms with E-state index in [1.165, 1.54) is 24.6 Å². The molecule has 2 rings (SSSR count). The Morgan fingerprint density at radius 3 is 2.80 bits per heavy atom. The first-order chi connectivity index (χ1) is 8.70. The van der Waals surface area contributed by atoms with E-state index in [2.05, 4.69) is 15.3 Å². The molecule has 3 N–H and O–H groups in total. The van der Waals surface area contributed by atoms with Crippen LogP contribution in [0.15, 0.2) is 29.0 Å². The number of nitrogens with zero attached hydrogens (tertiary/aromatic N) is 2. The number of nitrogens with two attached hydrogens (primary N) is 1. The smallest absolute Gasteiger partial charge is 0.273 e. The number of amides is 1. The van der Waals surface area contributed by atoms with Crippen LogP contribution in [0.1, 0.15) is 22.1 Å². The maximum absolute atomic E-state index is 13.2. The van der Waals surface area contributed by atoms with Crippen molar-refractivity contribution in [3.63, 3.8) is 0 Å². The average Bonchev–Trinajstić information content (AvgIpc) is 2.86. The van der Waals surface area contributed by atoms with Gasteiger partial charge < -0.3 is 15.5 Å². The van der Waals surface area contributed by atoms with Gasteiger partial charge in [0.05, 0.1) is 18.8 Å². The first-order valence-corrected chi connectivity index (χ1v) is 5.22. The second kappa shape index (κ2) is 8.47. The Bertz CT molecular complexity index is 565. The number of hydrogen-bond donors (Lipinski definition) is 2. The first-order valence-electron chi connectivity index (χ1n) is 5.22. The van der Waals surface area contributed by atoms with E-state index in [1.807, 2.05) is 0 Å². The van der Waals surface area contributed by atoms with Crippen molar-refractivity contribution in [1.82, 2.24) is 15.3 Å². The summed E-state index contributed by atoms with van der Waals surface area (Å²) < 4.78 is 18.2. The molecule has 0 bridgehead atoms. The van der Waals surface area contributed by atoms with Crippen molar-refractivity contribution in [3.05, 3.63) is 47.7 Å². The topological polar surface area (TPSA) is 94.0 Å². The molecule has 0 aromatic carbocycles. The average molecular weight is 323 g/mol. The van der Waals surface area contributed by atoms with Crippen molar-refractivity contribution in [1.29, 1.82) is 0 Å². The summed E-state index contributed by atoms with van der Waals surface area (Å²) in [4.78, 5) is 19.3. The predicted octanol–water partition coefficient (Wildman–Crippen LogP) is 1.44. The molecule has 0 saturated carbocycles. The number of nitrogens with one attached hydrogen (secondary N) is 1. The normalized spacial score (nSPS) is 9.30. The second-order valence-electron chi connectivity index (χ2n) is 3.45. The molecule has 0 unspecified atom stereocenters. The fourth-order valence-corrected chi connectivity index (χ4v) is 1.31. The van der Waals surface area contributed by atoms with Crippen LogP contribution in [-0.4, -0.2) is 15.9 Å². The summed E-state index contributed by atoms with van der Waals surface area (Å²) in [6, 6.07) is 2.75. The molecule has 20 heavy (non-hydrogen) atoms. The number of aromatic nitrogens is 2. The predicted molar refractivity (Wildman–Crippen MR) is 74.3 cm³/mol. The molecule has 110 valence electrons. The van der Waals surface area contributed by atoms with E-state index in [-0.39, 0.29) is 55.2 Å². The summed E-state index contributed by atoms with van der Waals surface area (Å²) >= 11 is 0. The number of rotatable bonds is 4. The zero-order valence-corrected chi connectivity index (χ0v) is 11.8. The lowest BCUT2D eigenvalue weighted by Crippen LogP contribution is -2.24. The largest absolute Gasteiger partial charge is 0.447 e. The summed E-state index contributed by atoms with van der Waals surface area (Å²) in [5.41, 5.74) is 5.56. The lowest BCUT2D eigenvalue weighted by molar-refractivity contribution is 0.0945. The van der Waals surface area contributed by atoms with Gasteiger partial charge >= 0.3 is 0 Å². The van der Waals surface area contributed by atoms with E-state index in [1.54, 1.807) is 0 Å². The second-order valence-corrected chi connectivity index (χ2v) is 3.45. The summed E-state index contributed by atoms with van der Waals surface area (Å²) in [6.45, 7) is 0.0957. The number of hydrogen-bond acceptors (Lipinski definition) is 5. The van der Waals surface area contributed by atoms with Gasteiger partial charge in [-0.3, -0.25) is 9.78 Å². The number of carbonyl (C=O) groups is 1. The summed E-state index contributed by atoms with van der Waals surface area (Å²) in [6.07, 6.45) is 2.65. The Morgan fingerprint density at radius 1 is 1.45 bits per heavy atom. The van der Waals surface area contributed by atoms with Crippen molar-refractivity contribution in [3.8, 4) is 0 Å². The lowest BCUT2D eigenvalue weighted by atomic mass is 10.3. The molecule has 2 heterocycles. The maximum Gasteiger partial charge on any atom is 0.273 e. The quantitative estimate of drug-likeness (QED) is 0.888. The van der Waals surface area contributed by atoms with Crippen molar-refractivity contribution < 1.29 is 13.6 Å². The van der Waals surface area contributed by atoms with Gasteiger partial charge in [-0.2, -0.15) is 0 Å². The molecule has 0 fully saturated rings. The minimum Gasteiger partial charge on any atom is -0.447 e. The lowest BCUT2D eigenvalue weighted by Gasteiger charge is -2.02. The van der Waals surface area contributed by atoms with Crippen LogP contribution < -0.4 is 11.1 Å². The number of oxazole rings is 1. The molecular weight excluding hydrogens is 310 g/mol. The van der Waals surface area contributed by atoms with Gasteiger partial charge in [-0.05, 0) is 12.1 Å². The van der Waals surface area contributed by atoms with E-state index in [0.29, 0.717) is 0 Å². The van der Waals surface area contributed by atoms with Crippen LogP contribution in [-0.2, 0) is 13.1 Å². The van der Waals surface area contributed by atoms with Gasteiger partial charge in [-0.25, -0.2) is 9.37 Å². The molecule has 0 atom stereocenters. The van der Waals surface area contributed by atoms with E-state index >= 15 is 0 Å². The molecule has 9 heteroatoms. The van der Waals surface area contributed by atoms with Gasteiger partial charge in [0, 0.05) is 6.20 Å². The Kier molecular flexibility index (Phi) is 7.75. The van der Waals surface area contributed by atoms with Gasteiger partial charge in [0.2, 0.25) is 5.89 Å². The molecule has 0 radical (unpaired) electrons.